The average Bonchev–Trinajstić information content (AvgIpc) is 2.75. The van der Waals surface area contributed by atoms with Gasteiger partial charge in [0.25, 0.3) is 0 Å². The number of carbonyl (C=O) groups excluding carboxylic acids is 2. The van der Waals surface area contributed by atoms with E-state index in [0.717, 1.165) is 11.4 Å². The van der Waals surface area contributed by atoms with Crippen molar-refractivity contribution in [2.75, 3.05) is 24.9 Å². The van der Waals surface area contributed by atoms with Crippen molar-refractivity contribution in [3.63, 3.8) is 0 Å². The van der Waals surface area contributed by atoms with E-state index in [4.69, 9.17) is 9.47 Å². The molecule has 0 aliphatic carbocycles. The zero-order chi connectivity index (χ0) is 19.9. The Morgan fingerprint density at radius 2 is 0.964 bits per heavy atom. The molecule has 142 valence electrons. The smallest absolute Gasteiger partial charge is 0.340 e. The van der Waals surface area contributed by atoms with Gasteiger partial charge >= 0.3 is 11.9 Å². The second-order valence-electron chi connectivity index (χ2n) is 5.88. The number of carbonyl (C=O) groups is 2. The van der Waals surface area contributed by atoms with Crippen LogP contribution in [0.1, 0.15) is 20.7 Å². The summed E-state index contributed by atoms with van der Waals surface area (Å²) in [7, 11) is 2.63. The maximum Gasteiger partial charge on any atom is 0.340 e. The number of ether oxygens (including phenoxy) is 2. The van der Waals surface area contributed by atoms with E-state index < -0.39 is 11.9 Å². The molecule has 0 saturated heterocycles. The molecule has 0 aromatic heterocycles. The Kier molecular flexibility index (Phi) is 5.91. The quantitative estimate of drug-likeness (QED) is 0.605. The lowest BCUT2D eigenvalue weighted by Crippen LogP contribution is -2.13. The van der Waals surface area contributed by atoms with E-state index in [1.54, 1.807) is 12.1 Å². The van der Waals surface area contributed by atoms with Crippen LogP contribution in [0.5, 0.6) is 0 Å². The van der Waals surface area contributed by atoms with E-state index in [2.05, 4.69) is 10.6 Å². The SMILES string of the molecule is COC(=O)c1ccc(C(=O)OC)c(Nc2ccccc2)c1Nc1ccccc1. The van der Waals surface area contributed by atoms with Gasteiger partial charge in [-0.1, -0.05) is 36.4 Å². The van der Waals surface area contributed by atoms with Gasteiger partial charge in [0, 0.05) is 11.4 Å². The Morgan fingerprint density at radius 3 is 1.29 bits per heavy atom. The summed E-state index contributed by atoms with van der Waals surface area (Å²) < 4.78 is 9.85. The van der Waals surface area contributed by atoms with Crippen LogP contribution in [0.4, 0.5) is 22.7 Å². The van der Waals surface area contributed by atoms with Crippen LogP contribution in [0.3, 0.4) is 0 Å². The Morgan fingerprint density at radius 1 is 0.607 bits per heavy atom. The Labute approximate surface area is 163 Å². The molecule has 3 rings (SSSR count). The topological polar surface area (TPSA) is 76.7 Å². The summed E-state index contributed by atoms with van der Waals surface area (Å²) >= 11 is 0. The third-order valence-electron chi connectivity index (χ3n) is 4.10. The van der Waals surface area contributed by atoms with Gasteiger partial charge in [0.05, 0.1) is 36.7 Å². The summed E-state index contributed by atoms with van der Waals surface area (Å²) in [5.41, 5.74) is 2.93. The molecule has 0 bridgehead atoms. The van der Waals surface area contributed by atoms with E-state index >= 15 is 0 Å². The van der Waals surface area contributed by atoms with Crippen LogP contribution in [0, 0.1) is 0 Å². The molecule has 0 atom stereocenters. The molecular weight excluding hydrogens is 356 g/mol. The highest BCUT2D eigenvalue weighted by atomic mass is 16.5. The van der Waals surface area contributed by atoms with Crippen molar-refractivity contribution in [1.82, 2.24) is 0 Å². The van der Waals surface area contributed by atoms with E-state index in [-0.39, 0.29) is 11.1 Å². The minimum atomic E-state index is -0.522. The first-order chi connectivity index (χ1) is 13.6. The lowest BCUT2D eigenvalue weighted by atomic mass is 10.0. The molecule has 0 amide bonds. The van der Waals surface area contributed by atoms with Crippen molar-refractivity contribution in [1.29, 1.82) is 0 Å². The second-order valence-corrected chi connectivity index (χ2v) is 5.88. The zero-order valence-corrected chi connectivity index (χ0v) is 15.6. The molecule has 0 aliphatic heterocycles. The van der Waals surface area contributed by atoms with Crippen LogP contribution in [0.15, 0.2) is 72.8 Å². The summed E-state index contributed by atoms with van der Waals surface area (Å²) in [4.78, 5) is 24.7. The molecule has 28 heavy (non-hydrogen) atoms. The van der Waals surface area contributed by atoms with Crippen LogP contribution >= 0.6 is 0 Å². The Balaban J connectivity index is 2.20. The number of benzene rings is 3. The lowest BCUT2D eigenvalue weighted by Gasteiger charge is -2.20. The van der Waals surface area contributed by atoms with Crippen LogP contribution in [0.2, 0.25) is 0 Å². The first-order valence-corrected chi connectivity index (χ1v) is 8.62. The van der Waals surface area contributed by atoms with E-state index in [1.165, 1.54) is 14.2 Å². The monoisotopic (exact) mass is 376 g/mol. The first kappa shape index (κ1) is 19.0. The van der Waals surface area contributed by atoms with E-state index in [9.17, 15) is 9.59 Å². The van der Waals surface area contributed by atoms with Crippen molar-refractivity contribution in [2.45, 2.75) is 0 Å². The van der Waals surface area contributed by atoms with Gasteiger partial charge in [-0.15, -0.1) is 0 Å². The predicted molar refractivity (Wildman–Crippen MR) is 109 cm³/mol. The minimum absolute atomic E-state index is 0.289. The van der Waals surface area contributed by atoms with Gasteiger partial charge in [-0.3, -0.25) is 0 Å². The fraction of sp³-hybridized carbons (Fsp3) is 0.0909. The van der Waals surface area contributed by atoms with E-state index in [0.29, 0.717) is 11.4 Å². The molecule has 0 spiro atoms. The summed E-state index contributed by atoms with van der Waals surface area (Å²) in [6.07, 6.45) is 0. The lowest BCUT2D eigenvalue weighted by molar-refractivity contribution is 0.0588. The van der Waals surface area contributed by atoms with Crippen LogP contribution in [0.25, 0.3) is 0 Å². The molecule has 0 fully saturated rings. The normalized spacial score (nSPS) is 10.1. The zero-order valence-electron chi connectivity index (χ0n) is 15.6. The molecular formula is C22H20N2O4. The molecule has 6 nitrogen and oxygen atoms in total. The van der Waals surface area contributed by atoms with Gasteiger partial charge in [0.1, 0.15) is 0 Å². The van der Waals surface area contributed by atoms with Crippen molar-refractivity contribution in [3.8, 4) is 0 Å². The number of esters is 2. The van der Waals surface area contributed by atoms with Crippen molar-refractivity contribution in [3.05, 3.63) is 83.9 Å². The third-order valence-corrected chi connectivity index (χ3v) is 4.10. The maximum absolute atomic E-state index is 12.4. The van der Waals surface area contributed by atoms with Crippen LogP contribution < -0.4 is 10.6 Å². The third kappa shape index (κ3) is 4.12. The summed E-state index contributed by atoms with van der Waals surface area (Å²) in [5, 5.41) is 6.45. The van der Waals surface area contributed by atoms with Crippen molar-refractivity contribution >= 4 is 34.7 Å². The molecule has 3 aromatic carbocycles. The summed E-state index contributed by atoms with van der Waals surface area (Å²) in [6, 6.07) is 21.8. The maximum atomic E-state index is 12.4. The van der Waals surface area contributed by atoms with Gasteiger partial charge in [0.2, 0.25) is 0 Å². The van der Waals surface area contributed by atoms with Crippen molar-refractivity contribution in [2.24, 2.45) is 0 Å². The molecule has 0 unspecified atom stereocenters. The number of methoxy groups -OCH3 is 2. The van der Waals surface area contributed by atoms with Gasteiger partial charge in [-0.25, -0.2) is 9.59 Å². The van der Waals surface area contributed by atoms with Crippen LogP contribution in [-0.2, 0) is 9.47 Å². The largest absolute Gasteiger partial charge is 0.465 e. The fourth-order valence-corrected chi connectivity index (χ4v) is 2.75. The number of para-hydroxylation sites is 2. The number of nitrogens with one attached hydrogen (secondary N) is 2. The number of anilines is 4. The summed E-state index contributed by atoms with van der Waals surface area (Å²) in [6.45, 7) is 0. The molecule has 0 saturated carbocycles. The van der Waals surface area contributed by atoms with E-state index in [1.807, 2.05) is 60.7 Å². The van der Waals surface area contributed by atoms with Gasteiger partial charge in [-0.05, 0) is 36.4 Å². The summed E-state index contributed by atoms with van der Waals surface area (Å²) in [5.74, 6) is -1.04. The molecule has 0 radical (unpaired) electrons. The predicted octanol–water partition coefficient (Wildman–Crippen LogP) is 4.75. The second kappa shape index (κ2) is 8.73. The van der Waals surface area contributed by atoms with Gasteiger partial charge < -0.3 is 20.1 Å². The molecule has 3 aromatic rings. The molecule has 0 heterocycles. The highest BCUT2D eigenvalue weighted by Crippen LogP contribution is 2.36. The Bertz CT molecular complexity index is 892. The molecule has 2 N–H and O–H groups in total. The highest BCUT2D eigenvalue weighted by Gasteiger charge is 2.23. The first-order valence-electron chi connectivity index (χ1n) is 8.62. The van der Waals surface area contributed by atoms with Crippen molar-refractivity contribution < 1.29 is 19.1 Å². The molecule has 6 heteroatoms. The fourth-order valence-electron chi connectivity index (χ4n) is 2.75. The molecule has 0 aliphatic rings. The van der Waals surface area contributed by atoms with Gasteiger partial charge in [-0.2, -0.15) is 0 Å². The standard InChI is InChI=1S/C22H20N2O4/c1-27-21(25)17-13-14-18(22(26)28-2)20(24-16-11-7-4-8-12-16)19(17)23-15-9-5-3-6-10-15/h3-14,23-24H,1-2H3. The Hall–Kier alpha value is -3.80. The number of hydrogen-bond acceptors (Lipinski definition) is 6. The van der Waals surface area contributed by atoms with Crippen LogP contribution in [-0.4, -0.2) is 26.2 Å². The van der Waals surface area contributed by atoms with Gasteiger partial charge in [0.15, 0.2) is 0 Å². The minimum Gasteiger partial charge on any atom is -0.465 e. The number of hydrogen-bond donors (Lipinski definition) is 2. The average molecular weight is 376 g/mol. The number of rotatable bonds is 6. The highest BCUT2D eigenvalue weighted by molar-refractivity contribution is 6.07.